The number of likely N-dealkylation sites (tertiary alicyclic amines) is 1. The van der Waals surface area contributed by atoms with Gasteiger partial charge >= 0.3 is 0 Å². The van der Waals surface area contributed by atoms with Crippen molar-refractivity contribution in [3.63, 3.8) is 0 Å². The number of aromatic nitrogens is 2. The second-order valence-electron chi connectivity index (χ2n) is 15.5. The number of hydrogen-bond acceptors (Lipinski definition) is 9. The van der Waals surface area contributed by atoms with E-state index in [2.05, 4.69) is 0 Å². The van der Waals surface area contributed by atoms with Crippen LogP contribution in [0, 0.1) is 36.0 Å². The van der Waals surface area contributed by atoms with E-state index in [0.717, 1.165) is 31.7 Å². The van der Waals surface area contributed by atoms with Crippen LogP contribution in [0.25, 0.3) is 20.7 Å². The fourth-order valence-corrected chi connectivity index (χ4v) is 11.2. The number of benzene rings is 3. The van der Waals surface area contributed by atoms with Crippen LogP contribution in [0.5, 0.6) is 17.2 Å². The van der Waals surface area contributed by atoms with Crippen molar-refractivity contribution in [1.82, 2.24) is 14.7 Å². The van der Waals surface area contributed by atoms with Crippen LogP contribution in [0.3, 0.4) is 0 Å². The monoisotopic (exact) mass is 790 g/mol. The van der Waals surface area contributed by atoms with Crippen LogP contribution in [0.2, 0.25) is 5.02 Å². The molecule has 0 radical (unpaired) electrons. The van der Waals surface area contributed by atoms with E-state index in [1.165, 1.54) is 16.9 Å². The van der Waals surface area contributed by atoms with Gasteiger partial charge < -0.3 is 14.9 Å². The molecule has 0 spiro atoms. The number of carbonyl (C=O) groups is 4. The highest BCUT2D eigenvalue weighted by Crippen LogP contribution is 2.65. The van der Waals surface area contributed by atoms with Gasteiger partial charge in [-0.1, -0.05) is 47.5 Å². The van der Waals surface area contributed by atoms with E-state index < -0.39 is 46.8 Å². The molecule has 0 bridgehead atoms. The van der Waals surface area contributed by atoms with Crippen LogP contribution >= 0.6 is 22.9 Å². The molecule has 6 atom stereocenters. The zero-order chi connectivity index (χ0) is 39.4. The zero-order valence-corrected chi connectivity index (χ0v) is 32.7. The lowest BCUT2D eigenvalue weighted by Crippen LogP contribution is -2.49. The number of anilines is 1. The Morgan fingerprint density at radius 2 is 1.75 bits per heavy atom. The number of ether oxygens (including phenoxy) is 1. The highest BCUT2D eigenvalue weighted by Gasteiger charge is 2.68. The third-order valence-corrected chi connectivity index (χ3v) is 14.2. The lowest BCUT2D eigenvalue weighted by atomic mass is 9.51. The Hall–Kier alpha value is -5.46. The maximum Gasteiger partial charge on any atom is 0.242 e. The molecule has 286 valence electrons. The van der Waals surface area contributed by atoms with Gasteiger partial charge in [0.25, 0.3) is 0 Å². The van der Waals surface area contributed by atoms with Gasteiger partial charge in [0, 0.05) is 40.9 Å². The summed E-state index contributed by atoms with van der Waals surface area (Å²) >= 11 is 7.88. The fraction of sp³-hybridized carbons (Fsp3) is 0.326. The Morgan fingerprint density at radius 1 is 0.982 bits per heavy atom. The molecule has 2 N–H and O–H groups in total. The predicted octanol–water partition coefficient (Wildman–Crippen LogP) is 7.16. The van der Waals surface area contributed by atoms with Crippen LogP contribution in [-0.2, 0) is 32.6 Å². The molecule has 2 aliphatic carbocycles. The number of aromatic hydroxyl groups is 2. The number of imide groups is 2. The predicted molar refractivity (Wildman–Crippen MR) is 212 cm³/mol. The number of thiophene rings is 1. The third-order valence-electron chi connectivity index (χ3n) is 12.7. The number of hydrogen-bond donors (Lipinski definition) is 2. The minimum atomic E-state index is -1.37. The van der Waals surface area contributed by atoms with Crippen LogP contribution in [0.15, 0.2) is 78.4 Å². The summed E-state index contributed by atoms with van der Waals surface area (Å²) in [6, 6.07) is 19.3. The van der Waals surface area contributed by atoms with Crippen molar-refractivity contribution >= 4 is 62.5 Å². The first-order valence-electron chi connectivity index (χ1n) is 18.6. The van der Waals surface area contributed by atoms with Gasteiger partial charge in [-0.3, -0.25) is 28.8 Å². The van der Waals surface area contributed by atoms with E-state index in [4.69, 9.17) is 21.4 Å². The van der Waals surface area contributed by atoms with E-state index in [1.807, 2.05) is 31.2 Å². The number of halogens is 1. The molecular weight excluding hydrogens is 752 g/mol. The molecule has 5 aromatic rings. The van der Waals surface area contributed by atoms with Gasteiger partial charge in [0.05, 0.1) is 35.2 Å². The number of para-hydroxylation sites is 1. The van der Waals surface area contributed by atoms with Crippen molar-refractivity contribution in [2.24, 2.45) is 36.1 Å². The average molecular weight is 791 g/mol. The molecule has 2 saturated heterocycles. The van der Waals surface area contributed by atoms with Crippen LogP contribution in [0.4, 0.5) is 5.82 Å². The standard InChI is InChI=1S/C43H39ClN4O7S/c1-21-28-18-23(44)10-15-33(28)56-38(21)31-20-34(46(3)45-31)48-40(52)30-19-29-25(36(43(30,2)42(48)54)27-6-5-7-32(55-4)37(27)50)13-14-26-35(29)41(53)47(39(26)51)17-16-22-8-11-24(49)12-9-22/h5-13,15,18,20,26,29-30,35-36,49-50H,14,16-17,19H2,1-4H3. The molecule has 4 amide bonds. The van der Waals surface area contributed by atoms with Gasteiger partial charge in [-0.25, -0.2) is 4.90 Å². The van der Waals surface area contributed by atoms with Crippen molar-refractivity contribution in [3.8, 4) is 27.8 Å². The lowest BCUT2D eigenvalue weighted by Gasteiger charge is -2.49. The van der Waals surface area contributed by atoms with Crippen LogP contribution < -0.4 is 9.64 Å². The molecule has 9 rings (SSSR count). The molecule has 6 unspecified atom stereocenters. The Morgan fingerprint density at radius 3 is 2.50 bits per heavy atom. The molecule has 13 heteroatoms. The summed E-state index contributed by atoms with van der Waals surface area (Å²) in [4.78, 5) is 61.8. The normalized spacial score (nSPS) is 25.8. The molecule has 3 aromatic carbocycles. The first kappa shape index (κ1) is 36.2. The molecule has 2 aliphatic heterocycles. The van der Waals surface area contributed by atoms with Gasteiger partial charge in [-0.15, -0.1) is 11.3 Å². The Kier molecular flexibility index (Phi) is 8.44. The second kappa shape index (κ2) is 13.1. The van der Waals surface area contributed by atoms with Crippen LogP contribution in [0.1, 0.15) is 42.4 Å². The Balaban J connectivity index is 1.12. The first-order valence-corrected chi connectivity index (χ1v) is 19.8. The highest BCUT2D eigenvalue weighted by atomic mass is 35.5. The van der Waals surface area contributed by atoms with Crippen molar-refractivity contribution in [1.29, 1.82) is 0 Å². The van der Waals surface area contributed by atoms with E-state index >= 15 is 4.79 Å². The van der Waals surface area contributed by atoms with E-state index in [9.17, 15) is 24.6 Å². The number of fused-ring (bicyclic) bond motifs is 5. The minimum Gasteiger partial charge on any atom is -0.508 e. The van der Waals surface area contributed by atoms with Crippen molar-refractivity contribution < 1.29 is 34.1 Å². The van der Waals surface area contributed by atoms with Gasteiger partial charge in [0.15, 0.2) is 11.5 Å². The summed E-state index contributed by atoms with van der Waals surface area (Å²) < 4.78 is 8.10. The number of nitrogens with zero attached hydrogens (tertiary/aromatic N) is 4. The van der Waals surface area contributed by atoms with Gasteiger partial charge in [-0.2, -0.15) is 5.10 Å². The van der Waals surface area contributed by atoms with E-state index in [-0.39, 0.29) is 48.4 Å². The fourth-order valence-electron chi connectivity index (χ4n) is 9.92. The number of carbonyl (C=O) groups excluding carboxylic acids is 4. The molecule has 4 aliphatic rings. The van der Waals surface area contributed by atoms with Gasteiger partial charge in [-0.05, 0) is 91.9 Å². The summed E-state index contributed by atoms with van der Waals surface area (Å²) in [5.74, 6) is -4.43. The molecule has 2 aromatic heterocycles. The average Bonchev–Trinajstić information content (AvgIpc) is 3.85. The summed E-state index contributed by atoms with van der Waals surface area (Å²) in [5, 5.41) is 27.8. The molecular formula is C43H39ClN4O7S. The molecule has 4 heterocycles. The maximum atomic E-state index is 15.1. The quantitative estimate of drug-likeness (QED) is 0.131. The van der Waals surface area contributed by atoms with Crippen molar-refractivity contribution in [2.75, 3.05) is 18.6 Å². The number of aryl methyl sites for hydroxylation is 2. The SMILES string of the molecule is COc1cccc(C2C3=CCC4C(=O)N(CCc5ccc(O)cc5)C(=O)C4C3CC3C(=O)N(c4cc(-c5sc6ccc(Cl)cc6c5C)nn4C)C(=O)C32C)c1O. The topological polar surface area (TPSA) is 142 Å². The Bertz CT molecular complexity index is 2540. The second-order valence-corrected chi connectivity index (χ2v) is 17.0. The number of phenolic OH excluding ortho intramolecular Hbond substituents is 2. The van der Waals surface area contributed by atoms with E-state index in [1.54, 1.807) is 78.5 Å². The Labute approximate surface area is 331 Å². The van der Waals surface area contributed by atoms with Crippen molar-refractivity contribution in [2.45, 2.75) is 39.0 Å². The minimum absolute atomic E-state index is 0.131. The van der Waals surface area contributed by atoms with E-state index in [0.29, 0.717) is 28.5 Å². The van der Waals surface area contributed by atoms with Gasteiger partial charge in [0.2, 0.25) is 23.6 Å². The number of methoxy groups -OCH3 is 1. The third kappa shape index (κ3) is 5.18. The number of amides is 4. The molecule has 11 nitrogen and oxygen atoms in total. The maximum absolute atomic E-state index is 15.1. The highest BCUT2D eigenvalue weighted by molar-refractivity contribution is 7.22. The molecule has 1 saturated carbocycles. The number of allylic oxidation sites excluding steroid dienone is 2. The summed E-state index contributed by atoms with van der Waals surface area (Å²) in [6.45, 7) is 3.96. The molecule has 56 heavy (non-hydrogen) atoms. The van der Waals surface area contributed by atoms with Crippen LogP contribution in [-0.4, -0.2) is 62.2 Å². The summed E-state index contributed by atoms with van der Waals surface area (Å²) in [6.07, 6.45) is 2.85. The largest absolute Gasteiger partial charge is 0.508 e. The van der Waals surface area contributed by atoms with Gasteiger partial charge in [0.1, 0.15) is 17.3 Å². The number of rotatable bonds is 7. The summed E-state index contributed by atoms with van der Waals surface area (Å²) in [7, 11) is 3.16. The van der Waals surface area contributed by atoms with Crippen molar-refractivity contribution in [3.05, 3.63) is 100 Å². The lowest BCUT2D eigenvalue weighted by molar-refractivity contribution is -0.140. The number of phenols is 2. The first-order chi connectivity index (χ1) is 26.8. The summed E-state index contributed by atoms with van der Waals surface area (Å²) in [5.41, 5.74) is 2.29. The zero-order valence-electron chi connectivity index (χ0n) is 31.2. The smallest absolute Gasteiger partial charge is 0.242 e. The molecule has 3 fully saturated rings.